The number of unbranched alkanes of at least 4 members (excludes halogenated alkanes) is 1. The number of allylic oxidation sites excluding steroid dienone is 1. The normalized spacial score (nSPS) is 13.1. The zero-order valence-corrected chi connectivity index (χ0v) is 24.4. The molecule has 0 spiro atoms. The lowest BCUT2D eigenvalue weighted by atomic mass is 9.96. The molecule has 2 aromatic carbocycles. The van der Waals surface area contributed by atoms with Gasteiger partial charge in [-0.2, -0.15) is 0 Å². The van der Waals surface area contributed by atoms with Crippen LogP contribution >= 0.6 is 0 Å². The molecule has 2 atom stereocenters. The first-order valence-electron chi connectivity index (χ1n) is 13.7. The van der Waals surface area contributed by atoms with E-state index in [1.165, 1.54) is 37.3 Å². The number of nitrogens with zero attached hydrogens (tertiary/aromatic N) is 1. The Balaban J connectivity index is -0.000000637. The monoisotopic (exact) mass is 531 g/mol. The summed E-state index contributed by atoms with van der Waals surface area (Å²) in [6.07, 6.45) is 6.08. The average Bonchev–Trinajstić information content (AvgIpc) is 3.43. The largest absolute Gasteiger partial charge is 0.504 e. The Labute approximate surface area is 234 Å². The van der Waals surface area contributed by atoms with Gasteiger partial charge in [-0.05, 0) is 55.6 Å². The molecule has 1 heterocycles. The van der Waals surface area contributed by atoms with Crippen LogP contribution in [0.2, 0.25) is 0 Å². The van der Waals surface area contributed by atoms with Gasteiger partial charge in [0.15, 0.2) is 11.5 Å². The van der Waals surface area contributed by atoms with Gasteiger partial charge in [0, 0.05) is 19.4 Å². The number of rotatable bonds is 8. The maximum Gasteiger partial charge on any atom is 0.157 e. The van der Waals surface area contributed by atoms with E-state index in [9.17, 15) is 10.2 Å². The second-order valence-electron chi connectivity index (χ2n) is 8.84. The summed E-state index contributed by atoms with van der Waals surface area (Å²) in [5.74, 6) is 0.626. The highest BCUT2D eigenvalue weighted by molar-refractivity contribution is 5.41. The minimum atomic E-state index is -0.207. The maximum atomic E-state index is 9.76. The third-order valence-corrected chi connectivity index (χ3v) is 5.89. The van der Waals surface area contributed by atoms with Gasteiger partial charge in [0.2, 0.25) is 0 Å². The van der Waals surface area contributed by atoms with Crippen LogP contribution in [-0.2, 0) is 11.2 Å². The van der Waals surface area contributed by atoms with Gasteiger partial charge in [-0.1, -0.05) is 111 Å². The third kappa shape index (κ3) is 16.2. The Morgan fingerprint density at radius 2 is 1.53 bits per heavy atom. The van der Waals surface area contributed by atoms with Gasteiger partial charge in [-0.15, -0.1) is 0 Å². The van der Waals surface area contributed by atoms with E-state index in [-0.39, 0.29) is 36.4 Å². The van der Waals surface area contributed by atoms with E-state index in [0.717, 1.165) is 31.6 Å². The molecule has 218 valence electrons. The van der Waals surface area contributed by atoms with Crippen LogP contribution in [0.15, 0.2) is 66.6 Å². The van der Waals surface area contributed by atoms with Crippen LogP contribution in [0.25, 0.3) is 0 Å². The Morgan fingerprint density at radius 1 is 0.974 bits per heavy atom. The molecule has 4 N–H and O–H groups in total. The van der Waals surface area contributed by atoms with Crippen LogP contribution in [0, 0.1) is 5.92 Å². The van der Waals surface area contributed by atoms with Gasteiger partial charge < -0.3 is 25.3 Å². The molecule has 1 aliphatic heterocycles. The van der Waals surface area contributed by atoms with E-state index >= 15 is 0 Å². The fourth-order valence-electron chi connectivity index (χ4n) is 3.64. The molecule has 38 heavy (non-hydrogen) atoms. The molecule has 0 aromatic heterocycles. The zero-order valence-electron chi connectivity index (χ0n) is 24.4. The lowest BCUT2D eigenvalue weighted by molar-refractivity contribution is 0.0563. The van der Waals surface area contributed by atoms with Crippen molar-refractivity contribution in [1.82, 2.24) is 4.90 Å². The lowest BCUT2D eigenvalue weighted by Gasteiger charge is -2.29. The summed E-state index contributed by atoms with van der Waals surface area (Å²) in [7, 11) is 0. The van der Waals surface area contributed by atoms with Crippen LogP contribution < -0.4 is 0 Å². The Kier molecular flexibility index (Phi) is 25.8. The first-order chi connectivity index (χ1) is 17.4. The molecule has 2 aromatic rings. The molecule has 0 aliphatic carbocycles. The van der Waals surface area contributed by atoms with E-state index in [2.05, 4.69) is 69.2 Å². The standard InChI is InChI=1S/C18H25NO3.C8H10.C4H10.C2H6.CH4.H2O/c1-4-14(3)22-18(13(2)12-19-9-5-6-10-19)15-7-8-16(20)17(21)11-15;1-2-8-6-4-3-5-7-8;1-3-4-2;1-2;;/h7-8,11,13,18,20-21H,1,5-6,9-10,12H2,2-3H3;3-7H,2H2,1H3;3-4H2,1-2H3;1-2H3;1H4;1H2/t13-,18+;;;;;/m1...../s1. The highest BCUT2D eigenvalue weighted by atomic mass is 16.5. The molecule has 0 radical (unpaired) electrons. The second-order valence-corrected chi connectivity index (χ2v) is 8.84. The summed E-state index contributed by atoms with van der Waals surface area (Å²) in [5, 5.41) is 19.3. The van der Waals surface area contributed by atoms with E-state index in [1.807, 2.05) is 26.8 Å². The lowest BCUT2D eigenvalue weighted by Crippen LogP contribution is -2.29. The van der Waals surface area contributed by atoms with Crippen molar-refractivity contribution in [3.8, 4) is 11.5 Å². The zero-order chi connectivity index (χ0) is 27.3. The topological polar surface area (TPSA) is 84.4 Å². The number of phenolic OH excluding ortho intramolecular Hbond substituents is 2. The van der Waals surface area contributed by atoms with Crippen molar-refractivity contribution in [2.75, 3.05) is 19.6 Å². The summed E-state index contributed by atoms with van der Waals surface area (Å²) in [6.45, 7) is 21.3. The molecule has 0 amide bonds. The first kappa shape index (κ1) is 39.8. The Hall–Kier alpha value is -2.72. The van der Waals surface area contributed by atoms with Gasteiger partial charge in [0.05, 0.1) is 0 Å². The Bertz CT molecular complexity index is 855. The van der Waals surface area contributed by atoms with Crippen LogP contribution in [-0.4, -0.2) is 40.2 Å². The highest BCUT2D eigenvalue weighted by Gasteiger charge is 2.25. The number of benzene rings is 2. The quantitative estimate of drug-likeness (QED) is 0.203. The second kappa shape index (κ2) is 24.6. The molecule has 5 heteroatoms. The van der Waals surface area contributed by atoms with Crippen molar-refractivity contribution in [3.63, 3.8) is 0 Å². The van der Waals surface area contributed by atoms with Gasteiger partial charge in [0.25, 0.3) is 0 Å². The van der Waals surface area contributed by atoms with E-state index < -0.39 is 0 Å². The summed E-state index contributed by atoms with van der Waals surface area (Å²) in [5.41, 5.74) is 5.01. The number of hydrogen-bond donors (Lipinski definition) is 2. The van der Waals surface area contributed by atoms with Gasteiger partial charge >= 0.3 is 0 Å². The van der Waals surface area contributed by atoms with E-state index in [4.69, 9.17) is 4.74 Å². The molecule has 1 aliphatic rings. The molecular weight excluding hydrogens is 474 g/mol. The molecule has 0 bridgehead atoms. The van der Waals surface area contributed by atoms with Crippen LogP contribution in [0.1, 0.15) is 98.8 Å². The summed E-state index contributed by atoms with van der Waals surface area (Å²) in [6, 6.07) is 15.3. The molecule has 0 unspecified atom stereocenters. The Morgan fingerprint density at radius 3 is 1.95 bits per heavy atom. The summed E-state index contributed by atoms with van der Waals surface area (Å²) >= 11 is 0. The number of phenols is 2. The highest BCUT2D eigenvalue weighted by Crippen LogP contribution is 2.34. The van der Waals surface area contributed by atoms with E-state index in [1.54, 1.807) is 12.1 Å². The molecular formula is C33H57NO4. The first-order valence-corrected chi connectivity index (χ1v) is 13.7. The van der Waals surface area contributed by atoms with Crippen molar-refractivity contribution in [2.24, 2.45) is 5.92 Å². The van der Waals surface area contributed by atoms with Crippen LogP contribution in [0.4, 0.5) is 0 Å². The summed E-state index contributed by atoms with van der Waals surface area (Å²) < 4.78 is 5.98. The van der Waals surface area contributed by atoms with Crippen molar-refractivity contribution < 1.29 is 20.4 Å². The van der Waals surface area contributed by atoms with Crippen molar-refractivity contribution in [3.05, 3.63) is 77.7 Å². The van der Waals surface area contributed by atoms with Gasteiger partial charge in [0.1, 0.15) is 11.9 Å². The fourth-order valence-corrected chi connectivity index (χ4v) is 3.64. The smallest absolute Gasteiger partial charge is 0.157 e. The van der Waals surface area contributed by atoms with E-state index in [0.29, 0.717) is 5.76 Å². The molecule has 5 nitrogen and oxygen atoms in total. The third-order valence-electron chi connectivity index (χ3n) is 5.89. The number of likely N-dealkylation sites (tertiary alicyclic amines) is 1. The van der Waals surface area contributed by atoms with Crippen molar-refractivity contribution in [1.29, 1.82) is 0 Å². The van der Waals surface area contributed by atoms with Gasteiger partial charge in [-0.3, -0.25) is 0 Å². The number of aryl methyl sites for hydroxylation is 1. The molecule has 3 rings (SSSR count). The SMILES string of the molecule is C.C=C=C(C)O[C@H](c1ccc(O)c(O)c1)[C@H](C)CN1CCCC1.CC.CCCC.CCc1ccccc1.O. The molecule has 1 saturated heterocycles. The number of hydrogen-bond acceptors (Lipinski definition) is 4. The number of aromatic hydroxyl groups is 2. The maximum absolute atomic E-state index is 9.76. The average molecular weight is 532 g/mol. The minimum absolute atomic E-state index is 0. The van der Waals surface area contributed by atoms with Crippen molar-refractivity contribution >= 4 is 0 Å². The van der Waals surface area contributed by atoms with Crippen LogP contribution in [0.5, 0.6) is 11.5 Å². The predicted octanol–water partition coefficient (Wildman–Crippen LogP) is 8.47. The predicted molar refractivity (Wildman–Crippen MR) is 165 cm³/mol. The van der Waals surface area contributed by atoms with Gasteiger partial charge in [-0.25, -0.2) is 0 Å². The summed E-state index contributed by atoms with van der Waals surface area (Å²) in [4.78, 5) is 2.44. The van der Waals surface area contributed by atoms with Crippen molar-refractivity contribution in [2.45, 2.75) is 94.1 Å². The molecule has 0 saturated carbocycles. The fraction of sp³-hybridized carbons (Fsp3) is 0.545. The minimum Gasteiger partial charge on any atom is -0.504 e. The molecule has 1 fully saturated rings. The number of ether oxygens (including phenoxy) is 1. The van der Waals surface area contributed by atoms with Crippen LogP contribution in [0.3, 0.4) is 0 Å².